The van der Waals surface area contributed by atoms with Crippen LogP contribution in [0.25, 0.3) is 23.3 Å². The lowest BCUT2D eigenvalue weighted by molar-refractivity contribution is -0.613. The lowest BCUT2D eigenvalue weighted by atomic mass is 10.0. The molecule has 1 aliphatic carbocycles. The summed E-state index contributed by atoms with van der Waals surface area (Å²) in [6, 6.07) is 12.0. The highest BCUT2D eigenvalue weighted by Gasteiger charge is 2.26. The Labute approximate surface area is 192 Å². The van der Waals surface area contributed by atoms with Crippen LogP contribution in [-0.2, 0) is 6.42 Å². The number of hydrogen-bond acceptors (Lipinski definition) is 6. The number of nitrogens with zero attached hydrogens (tertiary/aromatic N) is 4. The second-order valence-electron chi connectivity index (χ2n) is 8.92. The summed E-state index contributed by atoms with van der Waals surface area (Å²) in [5.74, 6) is 0.314. The molecule has 0 spiro atoms. The van der Waals surface area contributed by atoms with E-state index in [4.69, 9.17) is 0 Å². The molecule has 0 amide bonds. The average Bonchev–Trinajstić information content (AvgIpc) is 3.56. The number of rotatable bonds is 6. The Hall–Kier alpha value is -3.68. The summed E-state index contributed by atoms with van der Waals surface area (Å²) < 4.78 is 0. The van der Waals surface area contributed by atoms with Crippen molar-refractivity contribution in [1.29, 1.82) is 0 Å². The van der Waals surface area contributed by atoms with E-state index < -0.39 is 15.7 Å². The maximum Gasteiger partial charge on any atom is 0.559 e. The first-order valence-corrected chi connectivity index (χ1v) is 11.5. The van der Waals surface area contributed by atoms with E-state index in [9.17, 15) is 20.2 Å². The third-order valence-electron chi connectivity index (χ3n) is 6.76. The Bertz CT molecular complexity index is 1140. The second kappa shape index (κ2) is 8.69. The Kier molecular flexibility index (Phi) is 5.58. The fourth-order valence-electron chi connectivity index (χ4n) is 5.18. The molecule has 5 rings (SSSR count). The first-order chi connectivity index (χ1) is 16.0. The van der Waals surface area contributed by atoms with Crippen molar-refractivity contribution in [1.82, 2.24) is 9.80 Å². The summed E-state index contributed by atoms with van der Waals surface area (Å²) in [5, 5.41) is 21.9. The highest BCUT2D eigenvalue weighted by Crippen LogP contribution is 2.38. The van der Waals surface area contributed by atoms with Crippen molar-refractivity contribution in [2.24, 2.45) is 0 Å². The van der Waals surface area contributed by atoms with Crippen LogP contribution in [0.5, 0.6) is 0 Å². The summed E-state index contributed by atoms with van der Waals surface area (Å²) in [4.78, 5) is 25.0. The molecular formula is C25H26N4O4. The molecule has 8 nitrogen and oxygen atoms in total. The molecule has 2 saturated heterocycles. The molecule has 0 radical (unpaired) electrons. The van der Waals surface area contributed by atoms with Crippen LogP contribution in [0.1, 0.15) is 47.9 Å². The van der Waals surface area contributed by atoms with Crippen LogP contribution < -0.4 is 0 Å². The zero-order valence-electron chi connectivity index (χ0n) is 18.4. The highest BCUT2D eigenvalue weighted by molar-refractivity contribution is 5.79. The largest absolute Gasteiger partial charge is 0.559 e. The van der Waals surface area contributed by atoms with Gasteiger partial charge in [0, 0.05) is 26.2 Å². The van der Waals surface area contributed by atoms with Crippen molar-refractivity contribution < 1.29 is 9.85 Å². The molecule has 170 valence electrons. The zero-order valence-corrected chi connectivity index (χ0v) is 18.4. The summed E-state index contributed by atoms with van der Waals surface area (Å²) in [5.41, 5.74) is 6.14. The van der Waals surface area contributed by atoms with Crippen LogP contribution in [-0.4, -0.2) is 45.8 Å². The van der Waals surface area contributed by atoms with Crippen LogP contribution in [0.2, 0.25) is 0 Å². The summed E-state index contributed by atoms with van der Waals surface area (Å²) in [6.45, 7) is 4.47. The van der Waals surface area contributed by atoms with E-state index >= 15 is 0 Å². The van der Waals surface area contributed by atoms with Crippen LogP contribution in [0.4, 0.5) is 0 Å². The molecule has 0 atom stereocenters. The molecular weight excluding hydrogens is 420 g/mol. The van der Waals surface area contributed by atoms with Gasteiger partial charge in [0.25, 0.3) is 0 Å². The number of likely N-dealkylation sites (tertiary alicyclic amines) is 2. The first-order valence-electron chi connectivity index (χ1n) is 11.5. The minimum absolute atomic E-state index is 0.468. The van der Waals surface area contributed by atoms with Crippen molar-refractivity contribution in [3.63, 3.8) is 0 Å². The van der Waals surface area contributed by atoms with E-state index in [1.807, 2.05) is 12.1 Å². The standard InChI is InChI=1S/C25H26N4O4/c30-28(31)25(29(32)33)16-19-6-8-23-21(14-19)17-20-13-18(5-7-22(20)23)15-24(26-9-1-2-10-26)27-11-3-4-12-27/h5-8,13-16H,1-4,9-12,17H2. The minimum atomic E-state index is -1.02. The van der Waals surface area contributed by atoms with E-state index in [-0.39, 0.29) is 0 Å². The molecule has 2 aromatic rings. The van der Waals surface area contributed by atoms with Crippen molar-refractivity contribution in [3.05, 3.63) is 90.5 Å². The molecule has 0 saturated carbocycles. The summed E-state index contributed by atoms with van der Waals surface area (Å²) in [7, 11) is 0. The minimum Gasteiger partial charge on any atom is -0.358 e. The fraction of sp³-hybridized carbons (Fsp3) is 0.360. The monoisotopic (exact) mass is 446 g/mol. The Balaban J connectivity index is 1.44. The van der Waals surface area contributed by atoms with Gasteiger partial charge in [0.2, 0.25) is 0 Å². The van der Waals surface area contributed by atoms with Crippen molar-refractivity contribution >= 4 is 12.2 Å². The third kappa shape index (κ3) is 4.20. The van der Waals surface area contributed by atoms with E-state index in [0.29, 0.717) is 12.0 Å². The van der Waals surface area contributed by atoms with Gasteiger partial charge in [-0.2, -0.15) is 0 Å². The average molecular weight is 447 g/mol. The molecule has 2 aliphatic heterocycles. The van der Waals surface area contributed by atoms with Crippen molar-refractivity contribution in [2.75, 3.05) is 26.2 Å². The maximum absolute atomic E-state index is 11.0. The van der Waals surface area contributed by atoms with Crippen LogP contribution >= 0.6 is 0 Å². The third-order valence-corrected chi connectivity index (χ3v) is 6.76. The second-order valence-corrected chi connectivity index (χ2v) is 8.92. The van der Waals surface area contributed by atoms with E-state index in [1.54, 1.807) is 6.07 Å². The van der Waals surface area contributed by atoms with E-state index in [0.717, 1.165) is 48.9 Å². The molecule has 0 N–H and O–H groups in total. The lowest BCUT2D eigenvalue weighted by Crippen LogP contribution is -2.31. The molecule has 3 aliphatic rings. The molecule has 2 fully saturated rings. The van der Waals surface area contributed by atoms with Gasteiger partial charge >= 0.3 is 5.82 Å². The predicted octanol–water partition coefficient (Wildman–Crippen LogP) is 4.60. The highest BCUT2D eigenvalue weighted by atomic mass is 16.7. The van der Waals surface area contributed by atoms with Gasteiger partial charge < -0.3 is 9.80 Å². The number of hydrogen-bond donors (Lipinski definition) is 0. The van der Waals surface area contributed by atoms with E-state index in [1.165, 1.54) is 42.6 Å². The van der Waals surface area contributed by atoms with Gasteiger partial charge in [0.1, 0.15) is 21.7 Å². The van der Waals surface area contributed by atoms with Gasteiger partial charge in [-0.1, -0.05) is 36.4 Å². The smallest absolute Gasteiger partial charge is 0.358 e. The number of fused-ring (bicyclic) bond motifs is 3. The molecule has 8 heteroatoms. The topological polar surface area (TPSA) is 92.8 Å². The van der Waals surface area contributed by atoms with Gasteiger partial charge in [0.15, 0.2) is 0 Å². The molecule has 0 bridgehead atoms. The Morgan fingerprint density at radius 2 is 1.18 bits per heavy atom. The predicted molar refractivity (Wildman–Crippen MR) is 126 cm³/mol. The first kappa shape index (κ1) is 21.2. The van der Waals surface area contributed by atoms with Crippen LogP contribution in [0, 0.1) is 20.2 Å². The molecule has 0 aromatic heterocycles. The normalized spacial score (nSPS) is 16.4. The van der Waals surface area contributed by atoms with Gasteiger partial charge in [-0.3, -0.25) is 20.2 Å². The quantitative estimate of drug-likeness (QED) is 0.406. The Morgan fingerprint density at radius 3 is 1.64 bits per heavy atom. The van der Waals surface area contributed by atoms with Crippen LogP contribution in [0.15, 0.2) is 48.0 Å². The van der Waals surface area contributed by atoms with Gasteiger partial charge in [0.05, 0.1) is 0 Å². The van der Waals surface area contributed by atoms with Crippen LogP contribution in [0.3, 0.4) is 0 Å². The molecule has 2 aromatic carbocycles. The van der Waals surface area contributed by atoms with Gasteiger partial charge in [-0.15, -0.1) is 0 Å². The number of benzene rings is 2. The zero-order chi connectivity index (χ0) is 22.9. The van der Waals surface area contributed by atoms with E-state index in [2.05, 4.69) is 34.1 Å². The summed E-state index contributed by atoms with van der Waals surface area (Å²) >= 11 is 0. The lowest BCUT2D eigenvalue weighted by Gasteiger charge is -2.30. The van der Waals surface area contributed by atoms with Gasteiger partial charge in [-0.25, -0.2) is 0 Å². The SMILES string of the molecule is O=[N+]([O-])C(=Cc1ccc2c(c1)Cc1cc(C=C(N3CCCC3)N3CCCC3)ccc1-2)[N+](=O)[O-]. The maximum atomic E-state index is 11.0. The number of nitro groups is 2. The van der Waals surface area contributed by atoms with Crippen molar-refractivity contribution in [2.45, 2.75) is 32.1 Å². The molecule has 0 unspecified atom stereocenters. The molecule has 2 heterocycles. The Morgan fingerprint density at radius 1 is 0.727 bits per heavy atom. The molecule has 33 heavy (non-hydrogen) atoms. The van der Waals surface area contributed by atoms with Crippen molar-refractivity contribution in [3.8, 4) is 11.1 Å². The van der Waals surface area contributed by atoms with Gasteiger partial charge in [-0.05, 0) is 71.6 Å². The summed E-state index contributed by atoms with van der Waals surface area (Å²) in [6.07, 6.45) is 9.03. The fourth-order valence-corrected chi connectivity index (χ4v) is 5.18.